The molecule has 2 bridgehead atoms. The number of nitrogens with zero attached hydrogens (tertiary/aromatic N) is 1. The molecule has 2 aliphatic heterocycles. The summed E-state index contributed by atoms with van der Waals surface area (Å²) in [7, 11) is 0. The zero-order valence-corrected chi connectivity index (χ0v) is 12.2. The van der Waals surface area contributed by atoms with Crippen molar-refractivity contribution in [2.24, 2.45) is 5.41 Å². The van der Waals surface area contributed by atoms with E-state index in [1.165, 1.54) is 0 Å². The van der Waals surface area contributed by atoms with E-state index >= 15 is 0 Å². The second-order valence-electron chi connectivity index (χ2n) is 5.21. The second-order valence-corrected chi connectivity index (χ2v) is 6.53. The third kappa shape index (κ3) is 1.97. The first kappa shape index (κ1) is 12.5. The largest absolute Gasteiger partial charge is 0.373 e. The fraction of sp³-hybridized carbons (Fsp3) is 0.500. The van der Waals surface area contributed by atoms with E-state index in [-0.39, 0.29) is 17.6 Å². The molecule has 2 nitrogen and oxygen atoms in total. The number of fused-ring (bicyclic) bond motifs is 2. The minimum Gasteiger partial charge on any atom is -0.373 e. The number of hydrogen-bond donors (Lipinski definition) is 0. The Morgan fingerprint density at radius 3 is 2.89 bits per heavy atom. The van der Waals surface area contributed by atoms with Gasteiger partial charge < -0.3 is 4.74 Å². The fourth-order valence-electron chi connectivity index (χ4n) is 3.15. The second kappa shape index (κ2) is 4.52. The summed E-state index contributed by atoms with van der Waals surface area (Å²) in [6.07, 6.45) is 4.02. The van der Waals surface area contributed by atoms with E-state index in [1.54, 1.807) is 0 Å². The predicted molar refractivity (Wildman–Crippen MR) is 73.4 cm³/mol. The average molecular weight is 327 g/mol. The average Bonchev–Trinajstić information content (AvgIpc) is 2.93. The van der Waals surface area contributed by atoms with Crippen LogP contribution in [0.5, 0.6) is 0 Å². The molecular weight excluding hydrogens is 314 g/mol. The molecule has 2 aliphatic rings. The van der Waals surface area contributed by atoms with Gasteiger partial charge in [0.25, 0.3) is 0 Å². The minimum absolute atomic E-state index is 0.0900. The summed E-state index contributed by atoms with van der Waals surface area (Å²) in [5, 5.41) is 10.3. The van der Waals surface area contributed by atoms with E-state index < -0.39 is 0 Å². The lowest BCUT2D eigenvalue weighted by molar-refractivity contribution is 0.0787. The van der Waals surface area contributed by atoms with Gasteiger partial charge in [-0.05, 0) is 43.4 Å². The van der Waals surface area contributed by atoms with E-state index in [4.69, 9.17) is 16.3 Å². The van der Waals surface area contributed by atoms with E-state index in [1.807, 2.05) is 18.2 Å². The third-order valence-electron chi connectivity index (χ3n) is 4.06. The maximum absolute atomic E-state index is 9.56. The number of ether oxygens (including phenoxy) is 1. The van der Waals surface area contributed by atoms with Gasteiger partial charge in [-0.1, -0.05) is 33.6 Å². The van der Waals surface area contributed by atoms with Crippen molar-refractivity contribution in [3.8, 4) is 6.07 Å². The standard InChI is InChI=1S/C14H13BrClNO/c15-10-2-1-9(12(16)5-10)6-14(8-17)7-11-3-4-13(14)18-11/h1-2,5,11,13H,3-4,6-7H2. The SMILES string of the molecule is N#CC1(Cc2ccc(Br)cc2Cl)CC2CCC1O2. The highest BCUT2D eigenvalue weighted by Crippen LogP contribution is 2.49. The Morgan fingerprint density at radius 2 is 2.33 bits per heavy atom. The van der Waals surface area contributed by atoms with Gasteiger partial charge in [0.2, 0.25) is 0 Å². The van der Waals surface area contributed by atoms with Gasteiger partial charge in [0.05, 0.1) is 23.7 Å². The molecule has 2 saturated heterocycles. The lowest BCUT2D eigenvalue weighted by atomic mass is 9.71. The number of hydrogen-bond acceptors (Lipinski definition) is 2. The van der Waals surface area contributed by atoms with E-state index in [2.05, 4.69) is 22.0 Å². The molecule has 0 N–H and O–H groups in total. The molecule has 1 aromatic rings. The first-order chi connectivity index (χ1) is 8.63. The summed E-state index contributed by atoms with van der Waals surface area (Å²) in [5.41, 5.74) is 0.665. The van der Waals surface area contributed by atoms with Gasteiger partial charge >= 0.3 is 0 Å². The first-order valence-electron chi connectivity index (χ1n) is 6.14. The van der Waals surface area contributed by atoms with Gasteiger partial charge in [0.15, 0.2) is 0 Å². The lowest BCUT2D eigenvalue weighted by Gasteiger charge is -2.28. The quantitative estimate of drug-likeness (QED) is 0.819. The van der Waals surface area contributed by atoms with Gasteiger partial charge in [-0.25, -0.2) is 0 Å². The van der Waals surface area contributed by atoms with Crippen molar-refractivity contribution in [1.82, 2.24) is 0 Å². The van der Waals surface area contributed by atoms with E-state index in [0.29, 0.717) is 6.42 Å². The van der Waals surface area contributed by atoms with E-state index in [0.717, 1.165) is 34.3 Å². The van der Waals surface area contributed by atoms with Gasteiger partial charge in [-0.3, -0.25) is 0 Å². The topological polar surface area (TPSA) is 33.0 Å². The summed E-state index contributed by atoms with van der Waals surface area (Å²) in [6.45, 7) is 0. The molecule has 3 rings (SSSR count). The Morgan fingerprint density at radius 1 is 1.50 bits per heavy atom. The van der Waals surface area contributed by atoms with Gasteiger partial charge in [0.1, 0.15) is 0 Å². The summed E-state index contributed by atoms with van der Waals surface area (Å²) < 4.78 is 6.80. The Hall–Kier alpha value is -0.560. The van der Waals surface area contributed by atoms with Gasteiger partial charge in [0, 0.05) is 9.50 Å². The van der Waals surface area contributed by atoms with Crippen molar-refractivity contribution in [2.45, 2.75) is 37.9 Å². The van der Waals surface area contributed by atoms with E-state index in [9.17, 15) is 5.26 Å². The maximum atomic E-state index is 9.56. The van der Waals surface area contributed by atoms with Crippen LogP contribution in [0.4, 0.5) is 0 Å². The van der Waals surface area contributed by atoms with Crippen LogP contribution < -0.4 is 0 Å². The van der Waals surface area contributed by atoms with Crippen LogP contribution in [0.3, 0.4) is 0 Å². The molecule has 4 heteroatoms. The van der Waals surface area contributed by atoms with Crippen LogP contribution in [0.25, 0.3) is 0 Å². The molecule has 2 heterocycles. The maximum Gasteiger partial charge on any atom is 0.0900 e. The number of rotatable bonds is 2. The van der Waals surface area contributed by atoms with Crippen molar-refractivity contribution in [3.63, 3.8) is 0 Å². The van der Waals surface area contributed by atoms with Gasteiger partial charge in [-0.15, -0.1) is 0 Å². The summed E-state index contributed by atoms with van der Waals surface area (Å²) >= 11 is 9.65. The molecule has 3 atom stereocenters. The molecule has 2 fully saturated rings. The smallest absolute Gasteiger partial charge is 0.0900 e. The van der Waals surface area contributed by atoms with Crippen molar-refractivity contribution in [1.29, 1.82) is 5.26 Å². The third-order valence-corrected chi connectivity index (χ3v) is 4.90. The lowest BCUT2D eigenvalue weighted by Crippen LogP contribution is -2.33. The Bertz CT molecular complexity index is 527. The van der Waals surface area contributed by atoms with Crippen LogP contribution in [0.1, 0.15) is 24.8 Å². The zero-order chi connectivity index (χ0) is 12.8. The summed E-state index contributed by atoms with van der Waals surface area (Å²) in [6, 6.07) is 8.36. The molecular formula is C14H13BrClNO. The highest BCUT2D eigenvalue weighted by molar-refractivity contribution is 9.10. The monoisotopic (exact) mass is 325 g/mol. The molecule has 0 saturated carbocycles. The van der Waals surface area contributed by atoms with Crippen LogP contribution in [0.15, 0.2) is 22.7 Å². The molecule has 1 aromatic carbocycles. The number of benzene rings is 1. The Kier molecular flexibility index (Phi) is 3.13. The van der Waals surface area contributed by atoms with Crippen LogP contribution in [-0.4, -0.2) is 12.2 Å². The molecule has 0 spiro atoms. The Balaban J connectivity index is 1.89. The zero-order valence-electron chi connectivity index (χ0n) is 9.83. The van der Waals surface area contributed by atoms with Crippen LogP contribution >= 0.6 is 27.5 Å². The number of halogens is 2. The minimum atomic E-state index is -0.375. The molecule has 0 aromatic heterocycles. The first-order valence-corrected chi connectivity index (χ1v) is 7.31. The van der Waals surface area contributed by atoms with Crippen molar-refractivity contribution in [3.05, 3.63) is 33.3 Å². The van der Waals surface area contributed by atoms with Crippen molar-refractivity contribution < 1.29 is 4.74 Å². The Labute approximate surface area is 120 Å². The molecule has 0 amide bonds. The highest BCUT2D eigenvalue weighted by atomic mass is 79.9. The molecule has 3 unspecified atom stereocenters. The van der Waals surface area contributed by atoms with Crippen LogP contribution in [0.2, 0.25) is 5.02 Å². The normalized spacial score (nSPS) is 33.6. The van der Waals surface area contributed by atoms with Crippen LogP contribution in [-0.2, 0) is 11.2 Å². The van der Waals surface area contributed by atoms with Crippen molar-refractivity contribution >= 4 is 27.5 Å². The van der Waals surface area contributed by atoms with Gasteiger partial charge in [-0.2, -0.15) is 5.26 Å². The molecule has 0 radical (unpaired) electrons. The summed E-state index contributed by atoms with van der Waals surface area (Å²) in [4.78, 5) is 0. The number of nitriles is 1. The summed E-state index contributed by atoms with van der Waals surface area (Å²) in [5.74, 6) is 0. The fourth-order valence-corrected chi connectivity index (χ4v) is 3.89. The van der Waals surface area contributed by atoms with Crippen molar-refractivity contribution in [2.75, 3.05) is 0 Å². The predicted octanol–water partition coefficient (Wildman–Crippen LogP) is 4.11. The highest BCUT2D eigenvalue weighted by Gasteiger charge is 2.52. The molecule has 0 aliphatic carbocycles. The molecule has 18 heavy (non-hydrogen) atoms. The van der Waals surface area contributed by atoms with Crippen LogP contribution in [0, 0.1) is 16.7 Å². The molecule has 94 valence electrons.